The van der Waals surface area contributed by atoms with Gasteiger partial charge in [-0.05, 0) is 19.4 Å². The number of likely N-dealkylation sites (N-methyl/N-ethyl adjacent to an activating group) is 1. The summed E-state index contributed by atoms with van der Waals surface area (Å²) in [5.41, 5.74) is 0. The molecular formula is C8H17N2+. The van der Waals surface area contributed by atoms with E-state index in [1.165, 1.54) is 0 Å². The van der Waals surface area contributed by atoms with Gasteiger partial charge in [0.2, 0.25) is 0 Å². The smallest absolute Gasteiger partial charge is 0.105 e. The highest BCUT2D eigenvalue weighted by Crippen LogP contribution is 1.96. The second-order valence-electron chi connectivity index (χ2n) is 3.61. The van der Waals surface area contributed by atoms with E-state index in [-0.39, 0.29) is 0 Å². The molecule has 0 saturated heterocycles. The molecule has 0 aromatic heterocycles. The summed E-state index contributed by atoms with van der Waals surface area (Å²) in [7, 11) is 6.44. The zero-order valence-corrected chi connectivity index (χ0v) is 7.39. The molecule has 2 nitrogen and oxygen atoms in total. The summed E-state index contributed by atoms with van der Waals surface area (Å²) in [6.45, 7) is 6.53. The van der Waals surface area contributed by atoms with Crippen LogP contribution < -0.4 is 0 Å². The van der Waals surface area contributed by atoms with Gasteiger partial charge in [0.25, 0.3) is 0 Å². The van der Waals surface area contributed by atoms with Crippen molar-refractivity contribution >= 4 is 5.87 Å². The fourth-order valence-corrected chi connectivity index (χ4v) is 0.989. The number of quaternary nitrogens is 1. The molecule has 2 heteroatoms. The van der Waals surface area contributed by atoms with Crippen LogP contribution in [0.25, 0.3) is 0 Å². The summed E-state index contributed by atoms with van der Waals surface area (Å²) in [6.07, 6.45) is 0. The maximum absolute atomic E-state index is 4.03. The predicted molar refractivity (Wildman–Crippen MR) is 45.4 cm³/mol. The summed E-state index contributed by atoms with van der Waals surface area (Å²) in [5, 5.41) is 0. The van der Waals surface area contributed by atoms with Gasteiger partial charge in [0, 0.05) is 0 Å². The summed E-state index contributed by atoms with van der Waals surface area (Å²) >= 11 is 0. The molecule has 0 bridgehead atoms. The van der Waals surface area contributed by atoms with E-state index in [4.69, 9.17) is 0 Å². The third-order valence-electron chi connectivity index (χ3n) is 1.12. The lowest BCUT2D eigenvalue weighted by molar-refractivity contribution is -0.871. The highest BCUT2D eigenvalue weighted by Gasteiger charge is 2.11. The molecule has 0 heterocycles. The van der Waals surface area contributed by atoms with Crippen molar-refractivity contribution in [3.05, 3.63) is 6.58 Å². The molecule has 0 spiro atoms. The molecule has 0 aromatic rings. The molecule has 0 fully saturated rings. The molecule has 0 aliphatic rings. The molecule has 1 unspecified atom stereocenters. The van der Waals surface area contributed by atoms with Crippen molar-refractivity contribution in [2.75, 3.05) is 27.7 Å². The van der Waals surface area contributed by atoms with Crippen LogP contribution in [0.1, 0.15) is 6.92 Å². The quantitative estimate of drug-likeness (QED) is 0.409. The van der Waals surface area contributed by atoms with Crippen LogP contribution in [0.2, 0.25) is 0 Å². The lowest BCUT2D eigenvalue weighted by Crippen LogP contribution is -2.39. The van der Waals surface area contributed by atoms with Gasteiger partial charge in [-0.1, -0.05) is 0 Å². The van der Waals surface area contributed by atoms with E-state index in [1.807, 2.05) is 0 Å². The Hall–Kier alpha value is -0.590. The lowest BCUT2D eigenvalue weighted by Gasteiger charge is -2.25. The molecule has 0 N–H and O–H groups in total. The molecule has 0 radical (unpaired) electrons. The first-order chi connectivity index (χ1) is 4.45. The number of hydrogen-bond acceptors (Lipinski definition) is 1. The molecule has 10 heavy (non-hydrogen) atoms. The molecule has 1 atom stereocenters. The Morgan fingerprint density at radius 2 is 2.00 bits per heavy atom. The molecule has 0 amide bonds. The zero-order chi connectivity index (χ0) is 8.20. The Balaban J connectivity index is 3.79. The van der Waals surface area contributed by atoms with E-state index in [0.717, 1.165) is 11.0 Å². The van der Waals surface area contributed by atoms with E-state index in [0.29, 0.717) is 6.04 Å². The third kappa shape index (κ3) is 5.54. The van der Waals surface area contributed by atoms with Crippen LogP contribution in [0.15, 0.2) is 11.6 Å². The maximum atomic E-state index is 4.03. The van der Waals surface area contributed by atoms with Crippen LogP contribution >= 0.6 is 0 Å². The van der Waals surface area contributed by atoms with Gasteiger partial charge in [0.15, 0.2) is 0 Å². The fraction of sp³-hybridized carbons (Fsp3) is 0.750. The molecule has 0 aromatic carbocycles. The average Bonchev–Trinajstić information content (AvgIpc) is 1.59. The van der Waals surface area contributed by atoms with E-state index >= 15 is 0 Å². The maximum Gasteiger partial charge on any atom is 0.105 e. The number of hydrogen-bond donors (Lipinski definition) is 0. The fourth-order valence-electron chi connectivity index (χ4n) is 0.989. The Labute approximate surface area is 63.5 Å². The van der Waals surface area contributed by atoms with Gasteiger partial charge in [-0.25, -0.2) is 4.99 Å². The highest BCUT2D eigenvalue weighted by molar-refractivity contribution is 5.46. The molecule has 0 rings (SSSR count). The minimum absolute atomic E-state index is 0.331. The van der Waals surface area contributed by atoms with E-state index in [9.17, 15) is 0 Å². The van der Waals surface area contributed by atoms with E-state index < -0.39 is 0 Å². The number of aliphatic imine (C=N–C) groups is 1. The summed E-state index contributed by atoms with van der Waals surface area (Å²) in [5.74, 6) is 2.56. The second kappa shape index (κ2) is 3.55. The van der Waals surface area contributed by atoms with Crippen molar-refractivity contribution in [2.45, 2.75) is 13.0 Å². The molecule has 0 aliphatic heterocycles. The van der Waals surface area contributed by atoms with Gasteiger partial charge in [-0.2, -0.15) is 0 Å². The van der Waals surface area contributed by atoms with Crippen LogP contribution in [0, 0.1) is 0 Å². The Bertz CT molecular complexity index is 138. The van der Waals surface area contributed by atoms with Gasteiger partial charge in [-0.15, -0.1) is 0 Å². The zero-order valence-electron chi connectivity index (χ0n) is 7.39. The van der Waals surface area contributed by atoms with Crippen LogP contribution in [-0.2, 0) is 0 Å². The highest BCUT2D eigenvalue weighted by atomic mass is 15.3. The Kier molecular flexibility index (Phi) is 3.34. The first-order valence-corrected chi connectivity index (χ1v) is 3.48. The average molecular weight is 141 g/mol. The molecule has 58 valence electrons. The van der Waals surface area contributed by atoms with Gasteiger partial charge < -0.3 is 4.48 Å². The first-order valence-electron chi connectivity index (χ1n) is 3.48. The normalized spacial score (nSPS) is 14.0. The van der Waals surface area contributed by atoms with Crippen molar-refractivity contribution in [1.82, 2.24) is 0 Å². The summed E-state index contributed by atoms with van der Waals surface area (Å²) < 4.78 is 0.937. The predicted octanol–water partition coefficient (Wildman–Crippen LogP) is 0.937. The minimum Gasteiger partial charge on any atom is -0.329 e. The topological polar surface area (TPSA) is 12.4 Å². The van der Waals surface area contributed by atoms with Crippen LogP contribution in [-0.4, -0.2) is 44.1 Å². The lowest BCUT2D eigenvalue weighted by atomic mass is 10.3. The Morgan fingerprint density at radius 1 is 1.50 bits per heavy atom. The minimum atomic E-state index is 0.331. The van der Waals surface area contributed by atoms with Crippen molar-refractivity contribution in [1.29, 1.82) is 0 Å². The largest absolute Gasteiger partial charge is 0.329 e. The van der Waals surface area contributed by atoms with Crippen molar-refractivity contribution in [3.63, 3.8) is 0 Å². The monoisotopic (exact) mass is 141 g/mol. The third-order valence-corrected chi connectivity index (χ3v) is 1.12. The van der Waals surface area contributed by atoms with Crippen LogP contribution in [0.3, 0.4) is 0 Å². The van der Waals surface area contributed by atoms with Gasteiger partial charge in [0.05, 0.1) is 21.1 Å². The van der Waals surface area contributed by atoms with Gasteiger partial charge in [-0.3, -0.25) is 0 Å². The number of nitrogens with zero attached hydrogens (tertiary/aromatic N) is 2. The van der Waals surface area contributed by atoms with Crippen LogP contribution in [0.4, 0.5) is 0 Å². The summed E-state index contributed by atoms with van der Waals surface area (Å²) in [4.78, 5) is 4.03. The van der Waals surface area contributed by atoms with E-state index in [1.54, 1.807) is 0 Å². The molecule has 0 saturated carbocycles. The second-order valence-corrected chi connectivity index (χ2v) is 3.61. The van der Waals surface area contributed by atoms with Crippen molar-refractivity contribution in [3.8, 4) is 0 Å². The van der Waals surface area contributed by atoms with Gasteiger partial charge >= 0.3 is 0 Å². The standard InChI is InChI=1S/C8H17N2/c1-6-9-8(2)7-10(3,4)5/h8H,1,7H2,2-5H3/q+1. The first kappa shape index (κ1) is 9.41. The van der Waals surface area contributed by atoms with Crippen molar-refractivity contribution < 1.29 is 4.48 Å². The van der Waals surface area contributed by atoms with E-state index in [2.05, 4.69) is 45.5 Å². The summed E-state index contributed by atoms with van der Waals surface area (Å²) in [6, 6.07) is 0.331. The SMILES string of the molecule is C=C=NC(C)C[N+](C)(C)C. The number of rotatable bonds is 3. The molecular weight excluding hydrogens is 124 g/mol. The van der Waals surface area contributed by atoms with Gasteiger partial charge in [0.1, 0.15) is 12.6 Å². The van der Waals surface area contributed by atoms with Crippen LogP contribution in [0.5, 0.6) is 0 Å². The molecule has 0 aliphatic carbocycles. The Morgan fingerprint density at radius 3 is 2.30 bits per heavy atom. The van der Waals surface area contributed by atoms with Crippen molar-refractivity contribution in [2.24, 2.45) is 4.99 Å².